The molecule has 0 fully saturated rings. The summed E-state index contributed by atoms with van der Waals surface area (Å²) in [6, 6.07) is 12.3. The third-order valence-corrected chi connectivity index (χ3v) is 4.01. The molecule has 0 radical (unpaired) electrons. The smallest absolute Gasteiger partial charge is 0.141 e. The molecular formula is C16H12BrClFNO. The van der Waals surface area contributed by atoms with Crippen LogP contribution in [0.3, 0.4) is 0 Å². The van der Waals surface area contributed by atoms with Crippen LogP contribution in [-0.2, 0) is 0 Å². The van der Waals surface area contributed by atoms with Crippen molar-refractivity contribution < 1.29 is 8.81 Å². The Kier molecular flexibility index (Phi) is 3.91. The Bertz CT molecular complexity index is 802. The van der Waals surface area contributed by atoms with Crippen LogP contribution in [0.4, 0.5) is 10.1 Å². The van der Waals surface area contributed by atoms with Crippen LogP contribution in [0.5, 0.6) is 0 Å². The predicted octanol–water partition coefficient (Wildman–Crippen LogP) is 6.16. The van der Waals surface area contributed by atoms with Gasteiger partial charge in [-0.3, -0.25) is 0 Å². The molecule has 3 aromatic rings. The number of fused-ring (bicyclic) bond motifs is 1. The monoisotopic (exact) mass is 367 g/mol. The Morgan fingerprint density at radius 2 is 2.00 bits per heavy atom. The van der Waals surface area contributed by atoms with Gasteiger partial charge in [0.25, 0.3) is 0 Å². The molecule has 1 unspecified atom stereocenters. The summed E-state index contributed by atoms with van der Waals surface area (Å²) in [6.45, 7) is 1.98. The highest BCUT2D eigenvalue weighted by molar-refractivity contribution is 9.10. The SMILES string of the molecule is CC(Nc1ccc(F)c(Cl)c1)c1cc2cc(Br)ccc2o1. The summed E-state index contributed by atoms with van der Waals surface area (Å²) in [5, 5.41) is 4.38. The molecule has 0 bridgehead atoms. The molecule has 108 valence electrons. The lowest BCUT2D eigenvalue weighted by molar-refractivity contribution is 0.526. The summed E-state index contributed by atoms with van der Waals surface area (Å²) in [5.74, 6) is 0.381. The van der Waals surface area contributed by atoms with E-state index in [1.54, 1.807) is 12.1 Å². The van der Waals surface area contributed by atoms with E-state index in [1.165, 1.54) is 6.07 Å². The summed E-state index contributed by atoms with van der Waals surface area (Å²) >= 11 is 9.22. The first-order valence-corrected chi connectivity index (χ1v) is 7.60. The summed E-state index contributed by atoms with van der Waals surface area (Å²) in [5.41, 5.74) is 1.58. The summed E-state index contributed by atoms with van der Waals surface area (Å²) in [7, 11) is 0. The van der Waals surface area contributed by atoms with Crippen LogP contribution in [0.2, 0.25) is 5.02 Å². The fraction of sp³-hybridized carbons (Fsp3) is 0.125. The fourth-order valence-corrected chi connectivity index (χ4v) is 2.71. The Morgan fingerprint density at radius 1 is 1.19 bits per heavy atom. The van der Waals surface area contributed by atoms with Gasteiger partial charge in [-0.25, -0.2) is 4.39 Å². The number of furan rings is 1. The van der Waals surface area contributed by atoms with E-state index in [9.17, 15) is 4.39 Å². The maximum Gasteiger partial charge on any atom is 0.141 e. The molecule has 3 rings (SSSR count). The number of nitrogens with one attached hydrogen (secondary N) is 1. The number of benzene rings is 2. The van der Waals surface area contributed by atoms with Crippen molar-refractivity contribution in [2.45, 2.75) is 13.0 Å². The molecule has 2 nitrogen and oxygen atoms in total. The second kappa shape index (κ2) is 5.70. The van der Waals surface area contributed by atoms with Crippen molar-refractivity contribution >= 4 is 44.2 Å². The molecule has 21 heavy (non-hydrogen) atoms. The minimum absolute atomic E-state index is 0.0577. The Morgan fingerprint density at radius 3 is 2.76 bits per heavy atom. The topological polar surface area (TPSA) is 25.2 Å². The first kappa shape index (κ1) is 14.4. The highest BCUT2D eigenvalue weighted by atomic mass is 79.9. The van der Waals surface area contributed by atoms with Gasteiger partial charge in [0.15, 0.2) is 0 Å². The van der Waals surface area contributed by atoms with Crippen LogP contribution in [0.25, 0.3) is 11.0 Å². The van der Waals surface area contributed by atoms with Crippen molar-refractivity contribution in [3.05, 3.63) is 63.5 Å². The van der Waals surface area contributed by atoms with E-state index < -0.39 is 5.82 Å². The molecule has 0 aliphatic heterocycles. The quantitative estimate of drug-likeness (QED) is 0.599. The highest BCUT2D eigenvalue weighted by Crippen LogP contribution is 2.29. The lowest BCUT2D eigenvalue weighted by atomic mass is 10.2. The van der Waals surface area contributed by atoms with Crippen molar-refractivity contribution in [3.63, 3.8) is 0 Å². The molecular weight excluding hydrogens is 357 g/mol. The second-order valence-corrected chi connectivity index (χ2v) is 6.15. The summed E-state index contributed by atoms with van der Waals surface area (Å²) in [4.78, 5) is 0. The normalized spacial score (nSPS) is 12.6. The van der Waals surface area contributed by atoms with Crippen LogP contribution in [0.1, 0.15) is 18.7 Å². The molecule has 2 aromatic carbocycles. The summed E-state index contributed by atoms with van der Waals surface area (Å²) in [6.07, 6.45) is 0. The van der Waals surface area contributed by atoms with Crippen molar-refractivity contribution in [2.24, 2.45) is 0 Å². The van der Waals surface area contributed by atoms with E-state index in [-0.39, 0.29) is 11.1 Å². The Labute approximate surface area is 135 Å². The number of rotatable bonds is 3. The minimum Gasteiger partial charge on any atom is -0.459 e. The van der Waals surface area contributed by atoms with Gasteiger partial charge < -0.3 is 9.73 Å². The van der Waals surface area contributed by atoms with Gasteiger partial charge in [-0.1, -0.05) is 27.5 Å². The maximum absolute atomic E-state index is 13.2. The number of halogens is 3. The molecule has 1 atom stereocenters. The fourth-order valence-electron chi connectivity index (χ4n) is 2.16. The molecule has 0 aliphatic carbocycles. The zero-order valence-electron chi connectivity index (χ0n) is 11.2. The molecule has 0 saturated heterocycles. The molecule has 0 aliphatic rings. The van der Waals surface area contributed by atoms with Gasteiger partial charge in [0.2, 0.25) is 0 Å². The van der Waals surface area contributed by atoms with Gasteiger partial charge in [0, 0.05) is 15.5 Å². The van der Waals surface area contributed by atoms with Crippen molar-refractivity contribution in [3.8, 4) is 0 Å². The van der Waals surface area contributed by atoms with Gasteiger partial charge in [0.05, 0.1) is 11.1 Å². The molecule has 0 saturated carbocycles. The maximum atomic E-state index is 13.2. The number of hydrogen-bond acceptors (Lipinski definition) is 2. The van der Waals surface area contributed by atoms with E-state index >= 15 is 0 Å². The van der Waals surface area contributed by atoms with Gasteiger partial charge >= 0.3 is 0 Å². The van der Waals surface area contributed by atoms with Crippen LogP contribution >= 0.6 is 27.5 Å². The van der Waals surface area contributed by atoms with Crippen molar-refractivity contribution in [1.82, 2.24) is 0 Å². The van der Waals surface area contributed by atoms with Gasteiger partial charge in [-0.2, -0.15) is 0 Å². The standard InChI is InChI=1S/C16H12BrClFNO/c1-9(20-12-3-4-14(19)13(18)8-12)16-7-10-6-11(17)2-5-15(10)21-16/h2-9,20H,1H3. The zero-order valence-corrected chi connectivity index (χ0v) is 13.5. The largest absolute Gasteiger partial charge is 0.459 e. The van der Waals surface area contributed by atoms with Gasteiger partial charge in [-0.05, 0) is 49.4 Å². The summed E-state index contributed by atoms with van der Waals surface area (Å²) < 4.78 is 20.0. The van der Waals surface area contributed by atoms with Gasteiger partial charge in [0.1, 0.15) is 17.2 Å². The zero-order chi connectivity index (χ0) is 15.0. The number of hydrogen-bond donors (Lipinski definition) is 1. The average Bonchev–Trinajstić information content (AvgIpc) is 2.86. The van der Waals surface area contributed by atoms with E-state index in [4.69, 9.17) is 16.0 Å². The Balaban J connectivity index is 1.85. The number of anilines is 1. The lowest BCUT2D eigenvalue weighted by Crippen LogP contribution is -2.05. The van der Waals surface area contributed by atoms with Crippen LogP contribution in [0, 0.1) is 5.82 Å². The minimum atomic E-state index is -0.427. The predicted molar refractivity (Wildman–Crippen MR) is 87.4 cm³/mol. The van der Waals surface area contributed by atoms with Gasteiger partial charge in [-0.15, -0.1) is 0 Å². The third kappa shape index (κ3) is 3.06. The molecule has 0 amide bonds. The first-order chi connectivity index (χ1) is 10.0. The molecule has 1 aromatic heterocycles. The molecule has 1 N–H and O–H groups in total. The molecule has 1 heterocycles. The Hall–Kier alpha value is -1.52. The third-order valence-electron chi connectivity index (χ3n) is 3.23. The molecule has 0 spiro atoms. The molecule has 5 heteroatoms. The van der Waals surface area contributed by atoms with Crippen molar-refractivity contribution in [1.29, 1.82) is 0 Å². The van der Waals surface area contributed by atoms with Crippen LogP contribution < -0.4 is 5.32 Å². The van der Waals surface area contributed by atoms with Crippen LogP contribution in [0.15, 0.2) is 51.4 Å². The van der Waals surface area contributed by atoms with Crippen LogP contribution in [-0.4, -0.2) is 0 Å². The second-order valence-electron chi connectivity index (χ2n) is 4.83. The highest BCUT2D eigenvalue weighted by Gasteiger charge is 2.12. The first-order valence-electron chi connectivity index (χ1n) is 6.43. The van der Waals surface area contributed by atoms with E-state index in [2.05, 4.69) is 21.2 Å². The average molecular weight is 369 g/mol. The van der Waals surface area contributed by atoms with E-state index in [0.717, 1.165) is 26.9 Å². The van der Waals surface area contributed by atoms with E-state index in [0.29, 0.717) is 0 Å². The van der Waals surface area contributed by atoms with Crippen molar-refractivity contribution in [2.75, 3.05) is 5.32 Å². The lowest BCUT2D eigenvalue weighted by Gasteiger charge is -2.13. The van der Waals surface area contributed by atoms with E-state index in [1.807, 2.05) is 31.2 Å².